The molecule has 0 saturated carbocycles. The van der Waals surface area contributed by atoms with Gasteiger partial charge in [-0.25, -0.2) is 0 Å². The van der Waals surface area contributed by atoms with Crippen LogP contribution in [0.1, 0.15) is 17.4 Å². The van der Waals surface area contributed by atoms with E-state index in [-0.39, 0.29) is 11.4 Å². The number of aromatic nitrogens is 1. The topological polar surface area (TPSA) is 88.0 Å². The molecule has 2 N–H and O–H groups in total. The minimum Gasteiger partial charge on any atom is -0.351 e. The molecule has 1 heterocycles. The van der Waals surface area contributed by atoms with Gasteiger partial charge in [0, 0.05) is 6.07 Å². The van der Waals surface area contributed by atoms with Crippen LogP contribution in [0.5, 0.6) is 0 Å². The Morgan fingerprint density at radius 1 is 1.80 bits per heavy atom. The molecule has 15 heavy (non-hydrogen) atoms. The van der Waals surface area contributed by atoms with Gasteiger partial charge in [-0.2, -0.15) is 0 Å². The van der Waals surface area contributed by atoms with Gasteiger partial charge < -0.3 is 10.3 Å². The first-order chi connectivity index (χ1) is 7.04. The highest BCUT2D eigenvalue weighted by Crippen LogP contribution is 2.11. The number of terminal acetylenes is 1. The maximum absolute atomic E-state index is 11.4. The molecular weight excluding hydrogens is 198 g/mol. The number of hydrogen-bond acceptors (Lipinski definition) is 3. The summed E-state index contributed by atoms with van der Waals surface area (Å²) in [4.78, 5) is 23.6. The van der Waals surface area contributed by atoms with E-state index in [2.05, 4.69) is 16.2 Å². The summed E-state index contributed by atoms with van der Waals surface area (Å²) >= 11 is 0. The summed E-state index contributed by atoms with van der Waals surface area (Å²) in [6, 6.07) is 0.735. The second-order valence-electron chi connectivity index (χ2n) is 2.89. The smallest absolute Gasteiger partial charge is 0.287 e. The number of nitrogens with one attached hydrogen (secondary N) is 2. The minimum atomic E-state index is -0.585. The number of carbonyl (C=O) groups excluding carboxylic acids is 1. The number of amides is 1. The van der Waals surface area contributed by atoms with Crippen molar-refractivity contribution in [3.05, 3.63) is 28.1 Å². The minimum absolute atomic E-state index is 0.115. The highest BCUT2D eigenvalue weighted by Gasteiger charge is 2.14. The average Bonchev–Trinajstić information content (AvgIpc) is 2.66. The van der Waals surface area contributed by atoms with E-state index >= 15 is 0 Å². The Labute approximate surface area is 85.8 Å². The number of nitro groups is 1. The highest BCUT2D eigenvalue weighted by atomic mass is 16.6. The largest absolute Gasteiger partial charge is 0.351 e. The molecule has 0 aliphatic rings. The molecule has 1 aromatic heterocycles. The monoisotopic (exact) mass is 207 g/mol. The summed E-state index contributed by atoms with van der Waals surface area (Å²) in [5, 5.41) is 12.8. The van der Waals surface area contributed by atoms with Crippen LogP contribution in [0.4, 0.5) is 5.69 Å². The predicted molar refractivity (Wildman–Crippen MR) is 53.2 cm³/mol. The molecule has 0 spiro atoms. The zero-order chi connectivity index (χ0) is 11.4. The molecule has 0 bridgehead atoms. The fourth-order valence-electron chi connectivity index (χ4n) is 0.935. The molecule has 1 atom stereocenters. The Morgan fingerprint density at radius 2 is 2.47 bits per heavy atom. The second-order valence-corrected chi connectivity index (χ2v) is 2.89. The Kier molecular flexibility index (Phi) is 3.08. The van der Waals surface area contributed by atoms with Crippen molar-refractivity contribution in [2.45, 2.75) is 13.0 Å². The molecule has 6 nitrogen and oxygen atoms in total. The van der Waals surface area contributed by atoms with Crippen LogP contribution in [0, 0.1) is 22.5 Å². The van der Waals surface area contributed by atoms with E-state index in [1.54, 1.807) is 6.92 Å². The van der Waals surface area contributed by atoms with E-state index in [0.717, 1.165) is 12.3 Å². The zero-order valence-electron chi connectivity index (χ0n) is 7.98. The highest BCUT2D eigenvalue weighted by molar-refractivity contribution is 5.93. The molecule has 0 saturated heterocycles. The van der Waals surface area contributed by atoms with Crippen molar-refractivity contribution in [1.82, 2.24) is 10.3 Å². The summed E-state index contributed by atoms with van der Waals surface area (Å²) in [6.07, 6.45) is 6.22. The molecule has 6 heteroatoms. The van der Waals surface area contributed by atoms with Gasteiger partial charge in [-0.15, -0.1) is 6.42 Å². The van der Waals surface area contributed by atoms with E-state index < -0.39 is 16.9 Å². The zero-order valence-corrected chi connectivity index (χ0v) is 7.98. The van der Waals surface area contributed by atoms with Crippen LogP contribution in [0.3, 0.4) is 0 Å². The van der Waals surface area contributed by atoms with Crippen molar-refractivity contribution in [2.24, 2.45) is 0 Å². The quantitative estimate of drug-likeness (QED) is 0.434. The maximum atomic E-state index is 11.4. The fourth-order valence-corrected chi connectivity index (χ4v) is 0.935. The van der Waals surface area contributed by atoms with Crippen molar-refractivity contribution in [2.75, 3.05) is 0 Å². The van der Waals surface area contributed by atoms with Gasteiger partial charge >= 0.3 is 0 Å². The fraction of sp³-hybridized carbons (Fsp3) is 0.222. The number of aromatic amines is 1. The van der Waals surface area contributed by atoms with Gasteiger partial charge in [-0.3, -0.25) is 14.9 Å². The Hall–Kier alpha value is -2.29. The van der Waals surface area contributed by atoms with Crippen molar-refractivity contribution < 1.29 is 9.72 Å². The van der Waals surface area contributed by atoms with Gasteiger partial charge in [-0.05, 0) is 6.92 Å². The van der Waals surface area contributed by atoms with Crippen LogP contribution in [0.25, 0.3) is 0 Å². The third-order valence-corrected chi connectivity index (χ3v) is 1.72. The third-order valence-electron chi connectivity index (χ3n) is 1.72. The molecule has 1 rings (SSSR count). The summed E-state index contributed by atoms with van der Waals surface area (Å²) in [6.45, 7) is 1.63. The van der Waals surface area contributed by atoms with Gasteiger partial charge in [0.1, 0.15) is 5.69 Å². The lowest BCUT2D eigenvalue weighted by Gasteiger charge is -2.04. The van der Waals surface area contributed by atoms with Crippen molar-refractivity contribution in [3.63, 3.8) is 0 Å². The van der Waals surface area contributed by atoms with E-state index in [1.165, 1.54) is 0 Å². The molecule has 0 fully saturated rings. The number of nitrogens with zero attached hydrogens (tertiary/aromatic N) is 1. The lowest BCUT2D eigenvalue weighted by atomic mass is 10.3. The normalized spacial score (nSPS) is 11.5. The third kappa shape index (κ3) is 2.57. The van der Waals surface area contributed by atoms with Gasteiger partial charge in [0.2, 0.25) is 0 Å². The maximum Gasteiger partial charge on any atom is 0.287 e. The molecule has 1 amide bonds. The SMILES string of the molecule is C#CC(C)NC(=O)c1cc([N+](=O)[O-])c[nH]1. The predicted octanol–water partition coefficient (Wildman–Crippen LogP) is 0.674. The Morgan fingerprint density at radius 3 is 2.93 bits per heavy atom. The van der Waals surface area contributed by atoms with Crippen LogP contribution in [-0.2, 0) is 0 Å². The van der Waals surface area contributed by atoms with Crippen LogP contribution >= 0.6 is 0 Å². The standard InChI is InChI=1S/C9H9N3O3/c1-3-6(2)11-9(13)8-4-7(5-10-8)12(14)15/h1,4-6,10H,2H3,(H,11,13). The number of H-pyrrole nitrogens is 1. The summed E-state index contributed by atoms with van der Waals surface area (Å²) in [5.41, 5.74) is -0.0442. The molecule has 1 aromatic rings. The van der Waals surface area contributed by atoms with Gasteiger partial charge in [0.15, 0.2) is 0 Å². The number of hydrogen-bond donors (Lipinski definition) is 2. The van der Waals surface area contributed by atoms with Gasteiger partial charge in [0.25, 0.3) is 11.6 Å². The Bertz CT molecular complexity index is 430. The summed E-state index contributed by atoms with van der Waals surface area (Å²) in [5.74, 6) is 1.85. The lowest BCUT2D eigenvalue weighted by molar-refractivity contribution is -0.384. The van der Waals surface area contributed by atoms with Crippen LogP contribution in [0.2, 0.25) is 0 Å². The second kappa shape index (κ2) is 4.28. The summed E-state index contributed by atoms with van der Waals surface area (Å²) in [7, 11) is 0. The van der Waals surface area contributed by atoms with Crippen LogP contribution < -0.4 is 5.32 Å². The average molecular weight is 207 g/mol. The van der Waals surface area contributed by atoms with Gasteiger partial charge in [-0.1, -0.05) is 5.92 Å². The van der Waals surface area contributed by atoms with E-state index in [1.807, 2.05) is 0 Å². The molecule has 0 aliphatic carbocycles. The molecule has 0 aromatic carbocycles. The molecule has 0 radical (unpaired) electrons. The Balaban J connectivity index is 2.75. The van der Waals surface area contributed by atoms with Crippen LogP contribution in [-0.4, -0.2) is 21.9 Å². The molecular formula is C9H9N3O3. The lowest BCUT2D eigenvalue weighted by Crippen LogP contribution is -2.31. The number of rotatable bonds is 3. The first kappa shape index (κ1) is 10.8. The first-order valence-corrected chi connectivity index (χ1v) is 4.14. The first-order valence-electron chi connectivity index (χ1n) is 4.14. The van der Waals surface area contributed by atoms with Crippen molar-refractivity contribution in [1.29, 1.82) is 0 Å². The van der Waals surface area contributed by atoms with Crippen molar-refractivity contribution >= 4 is 11.6 Å². The van der Waals surface area contributed by atoms with Crippen molar-refractivity contribution in [3.8, 4) is 12.3 Å². The van der Waals surface area contributed by atoms with E-state index in [4.69, 9.17) is 6.42 Å². The van der Waals surface area contributed by atoms with Gasteiger partial charge in [0.05, 0.1) is 17.2 Å². The number of carbonyl (C=O) groups is 1. The molecule has 1 unspecified atom stereocenters. The van der Waals surface area contributed by atoms with E-state index in [9.17, 15) is 14.9 Å². The summed E-state index contributed by atoms with van der Waals surface area (Å²) < 4.78 is 0. The van der Waals surface area contributed by atoms with E-state index in [0.29, 0.717) is 0 Å². The molecule has 0 aliphatic heterocycles. The van der Waals surface area contributed by atoms with Crippen LogP contribution in [0.15, 0.2) is 12.3 Å². The molecule has 78 valence electrons.